The molecule has 0 bridgehead atoms. The lowest BCUT2D eigenvalue weighted by Gasteiger charge is -2.22. The lowest BCUT2D eigenvalue weighted by atomic mass is 10.2. The number of fused-ring (bicyclic) bond motifs is 1. The average molecular weight is 469 g/mol. The van der Waals surface area contributed by atoms with Crippen molar-refractivity contribution in [1.29, 1.82) is 0 Å². The molecule has 33 heavy (non-hydrogen) atoms. The second-order valence-corrected chi connectivity index (χ2v) is 9.34. The van der Waals surface area contributed by atoms with Gasteiger partial charge in [-0.25, -0.2) is 8.42 Å². The van der Waals surface area contributed by atoms with Gasteiger partial charge < -0.3 is 19.5 Å². The normalized spacial score (nSPS) is 12.3. The molecule has 0 spiro atoms. The van der Waals surface area contributed by atoms with Crippen molar-refractivity contribution in [2.24, 2.45) is 0 Å². The molecule has 0 fully saturated rings. The molecule has 1 amide bonds. The van der Waals surface area contributed by atoms with E-state index in [0.29, 0.717) is 40.8 Å². The maximum Gasteiger partial charge on any atom is 0.232 e. The van der Waals surface area contributed by atoms with E-state index in [4.69, 9.17) is 14.2 Å². The second-order valence-electron chi connectivity index (χ2n) is 7.44. The van der Waals surface area contributed by atoms with E-state index in [9.17, 15) is 13.2 Å². The minimum Gasteiger partial charge on any atom is -0.455 e. The van der Waals surface area contributed by atoms with Crippen molar-refractivity contribution in [2.75, 3.05) is 29.2 Å². The number of para-hydroxylation sites is 3. The summed E-state index contributed by atoms with van der Waals surface area (Å²) in [6, 6.07) is 21.4. The molecule has 8 nitrogen and oxygen atoms in total. The lowest BCUT2D eigenvalue weighted by Crippen LogP contribution is -2.31. The topological polar surface area (TPSA) is 94.2 Å². The molecule has 172 valence electrons. The molecule has 0 aromatic heterocycles. The van der Waals surface area contributed by atoms with E-state index in [0.717, 1.165) is 6.26 Å². The third-order valence-corrected chi connectivity index (χ3v) is 6.14. The highest BCUT2D eigenvalue weighted by atomic mass is 32.2. The van der Waals surface area contributed by atoms with Crippen LogP contribution < -0.4 is 23.8 Å². The van der Waals surface area contributed by atoms with Crippen LogP contribution >= 0.6 is 0 Å². The summed E-state index contributed by atoms with van der Waals surface area (Å²) in [5.74, 6) is 2.01. The zero-order valence-corrected chi connectivity index (χ0v) is 18.9. The number of anilines is 2. The van der Waals surface area contributed by atoms with Gasteiger partial charge in [-0.05, 0) is 42.8 Å². The van der Waals surface area contributed by atoms with Gasteiger partial charge in [0.1, 0.15) is 5.75 Å². The Bertz CT molecular complexity index is 1230. The SMILES string of the molecule is CS(=O)(=O)N(CCCC(=O)Nc1ccccc1Oc1ccccc1)c1ccc2c(c1)OCO2. The highest BCUT2D eigenvalue weighted by Crippen LogP contribution is 2.36. The maximum absolute atomic E-state index is 12.6. The molecular weight excluding hydrogens is 444 g/mol. The first-order valence-corrected chi connectivity index (χ1v) is 12.2. The number of carbonyl (C=O) groups is 1. The number of hydrogen-bond donors (Lipinski definition) is 1. The molecule has 0 atom stereocenters. The molecule has 3 aromatic carbocycles. The molecular formula is C24H24N2O6S. The summed E-state index contributed by atoms with van der Waals surface area (Å²) in [7, 11) is -3.55. The predicted molar refractivity (Wildman–Crippen MR) is 126 cm³/mol. The number of rotatable bonds is 9. The molecule has 0 saturated heterocycles. The Hall–Kier alpha value is -3.72. The molecule has 0 radical (unpaired) electrons. The van der Waals surface area contributed by atoms with Crippen LogP contribution in [-0.2, 0) is 14.8 Å². The largest absolute Gasteiger partial charge is 0.455 e. The lowest BCUT2D eigenvalue weighted by molar-refractivity contribution is -0.116. The molecule has 4 rings (SSSR count). The van der Waals surface area contributed by atoms with E-state index in [2.05, 4.69) is 5.32 Å². The summed E-state index contributed by atoms with van der Waals surface area (Å²) in [4.78, 5) is 12.6. The van der Waals surface area contributed by atoms with E-state index in [1.807, 2.05) is 36.4 Å². The summed E-state index contributed by atoms with van der Waals surface area (Å²) in [6.07, 6.45) is 1.60. The number of sulfonamides is 1. The third kappa shape index (κ3) is 5.75. The first-order valence-electron chi connectivity index (χ1n) is 10.4. The van der Waals surface area contributed by atoms with E-state index < -0.39 is 10.0 Å². The van der Waals surface area contributed by atoms with Gasteiger partial charge in [-0.1, -0.05) is 30.3 Å². The van der Waals surface area contributed by atoms with Gasteiger partial charge in [0, 0.05) is 19.0 Å². The summed E-state index contributed by atoms with van der Waals surface area (Å²) >= 11 is 0. The Morgan fingerprint density at radius 2 is 1.73 bits per heavy atom. The fraction of sp³-hybridized carbons (Fsp3) is 0.208. The summed E-state index contributed by atoms with van der Waals surface area (Å²) < 4.78 is 42.5. The summed E-state index contributed by atoms with van der Waals surface area (Å²) in [5.41, 5.74) is 1.01. The van der Waals surface area contributed by atoms with Crippen molar-refractivity contribution in [3.63, 3.8) is 0 Å². The second kappa shape index (κ2) is 9.83. The minimum atomic E-state index is -3.55. The standard InChI is InChI=1S/C24H24N2O6S/c1-33(28,29)26(18-13-14-22-23(16-18)31-17-30-22)15-7-12-24(27)25-20-10-5-6-11-21(20)32-19-8-3-2-4-9-19/h2-6,8-11,13-14,16H,7,12,15,17H2,1H3,(H,25,27). The fourth-order valence-electron chi connectivity index (χ4n) is 3.40. The van der Waals surface area contributed by atoms with Crippen molar-refractivity contribution in [3.05, 3.63) is 72.8 Å². The predicted octanol–water partition coefficient (Wildman–Crippen LogP) is 4.39. The Kier molecular flexibility index (Phi) is 6.69. The molecule has 1 N–H and O–H groups in total. The number of nitrogens with zero attached hydrogens (tertiary/aromatic N) is 1. The van der Waals surface area contributed by atoms with Crippen molar-refractivity contribution in [2.45, 2.75) is 12.8 Å². The molecule has 1 heterocycles. The van der Waals surface area contributed by atoms with E-state index in [1.54, 1.807) is 36.4 Å². The quantitative estimate of drug-likeness (QED) is 0.501. The molecule has 3 aromatic rings. The van der Waals surface area contributed by atoms with Gasteiger partial charge in [-0.15, -0.1) is 0 Å². The van der Waals surface area contributed by atoms with E-state index >= 15 is 0 Å². The van der Waals surface area contributed by atoms with Gasteiger partial charge >= 0.3 is 0 Å². The van der Waals surface area contributed by atoms with Crippen LogP contribution in [0.3, 0.4) is 0 Å². The zero-order valence-electron chi connectivity index (χ0n) is 18.1. The van der Waals surface area contributed by atoms with Gasteiger partial charge in [0.2, 0.25) is 22.7 Å². The molecule has 1 aliphatic heterocycles. The van der Waals surface area contributed by atoms with Crippen molar-refractivity contribution < 1.29 is 27.4 Å². The van der Waals surface area contributed by atoms with Crippen LogP contribution in [0.2, 0.25) is 0 Å². The van der Waals surface area contributed by atoms with Gasteiger partial charge in [-0.3, -0.25) is 9.10 Å². The Balaban J connectivity index is 1.38. The van der Waals surface area contributed by atoms with Gasteiger partial charge in [0.25, 0.3) is 0 Å². The minimum absolute atomic E-state index is 0.104. The molecule has 1 aliphatic rings. The zero-order chi connectivity index (χ0) is 23.3. The average Bonchev–Trinajstić information content (AvgIpc) is 3.26. The van der Waals surface area contributed by atoms with Crippen LogP contribution in [-0.4, -0.2) is 33.9 Å². The Morgan fingerprint density at radius 3 is 2.52 bits per heavy atom. The summed E-state index contributed by atoms with van der Waals surface area (Å²) in [5, 5.41) is 2.85. The number of carbonyl (C=O) groups excluding carboxylic acids is 1. The van der Waals surface area contributed by atoms with Gasteiger partial charge in [0.05, 0.1) is 17.6 Å². The van der Waals surface area contributed by atoms with Crippen molar-refractivity contribution >= 4 is 27.3 Å². The Labute approximate surface area is 192 Å². The molecule has 9 heteroatoms. The highest BCUT2D eigenvalue weighted by Gasteiger charge is 2.21. The number of ether oxygens (including phenoxy) is 3. The molecule has 0 unspecified atom stereocenters. The van der Waals surface area contributed by atoms with Crippen LogP contribution in [0.1, 0.15) is 12.8 Å². The smallest absolute Gasteiger partial charge is 0.232 e. The van der Waals surface area contributed by atoms with Crippen molar-refractivity contribution in [3.8, 4) is 23.0 Å². The van der Waals surface area contributed by atoms with Crippen LogP contribution in [0.15, 0.2) is 72.8 Å². The summed E-state index contributed by atoms with van der Waals surface area (Å²) in [6.45, 7) is 0.251. The molecule has 0 saturated carbocycles. The first-order chi connectivity index (χ1) is 15.9. The van der Waals surface area contributed by atoms with Crippen LogP contribution in [0, 0.1) is 0 Å². The van der Waals surface area contributed by atoms with Crippen LogP contribution in [0.5, 0.6) is 23.0 Å². The van der Waals surface area contributed by atoms with Gasteiger partial charge in [0.15, 0.2) is 17.2 Å². The van der Waals surface area contributed by atoms with E-state index in [-0.39, 0.29) is 25.7 Å². The maximum atomic E-state index is 12.6. The fourth-order valence-corrected chi connectivity index (χ4v) is 4.35. The number of hydrogen-bond acceptors (Lipinski definition) is 6. The molecule has 0 aliphatic carbocycles. The van der Waals surface area contributed by atoms with Crippen LogP contribution in [0.4, 0.5) is 11.4 Å². The Morgan fingerprint density at radius 1 is 1.00 bits per heavy atom. The van der Waals surface area contributed by atoms with Gasteiger partial charge in [-0.2, -0.15) is 0 Å². The number of nitrogens with one attached hydrogen (secondary N) is 1. The first kappa shape index (κ1) is 22.5. The number of benzene rings is 3. The third-order valence-electron chi connectivity index (χ3n) is 4.94. The number of amides is 1. The van der Waals surface area contributed by atoms with Crippen molar-refractivity contribution in [1.82, 2.24) is 0 Å². The monoisotopic (exact) mass is 468 g/mol. The highest BCUT2D eigenvalue weighted by molar-refractivity contribution is 7.92. The van der Waals surface area contributed by atoms with E-state index in [1.165, 1.54) is 4.31 Å². The van der Waals surface area contributed by atoms with Crippen LogP contribution in [0.25, 0.3) is 0 Å².